The number of ether oxygens (including phenoxy) is 1. The van der Waals surface area contributed by atoms with Crippen LogP contribution in [0, 0.1) is 5.82 Å². The number of halogens is 8. The smallest absolute Gasteiger partial charge is 0.406 e. The first kappa shape index (κ1) is 35.0. The lowest BCUT2D eigenvalue weighted by molar-refractivity contribution is -0.274. The zero-order valence-corrected chi connectivity index (χ0v) is 26.5. The third kappa shape index (κ3) is 10.1. The van der Waals surface area contributed by atoms with Crippen molar-refractivity contribution in [3.05, 3.63) is 75.4 Å². The summed E-state index contributed by atoms with van der Waals surface area (Å²) >= 11 is 1.89. The van der Waals surface area contributed by atoms with E-state index in [-0.39, 0.29) is 53.8 Å². The van der Waals surface area contributed by atoms with Crippen molar-refractivity contribution >= 4 is 45.7 Å². The molecule has 0 fully saturated rings. The molecule has 0 spiro atoms. The van der Waals surface area contributed by atoms with E-state index < -0.39 is 46.4 Å². The minimum atomic E-state index is -4.97. The molecule has 2 unspecified atom stereocenters. The van der Waals surface area contributed by atoms with Crippen molar-refractivity contribution in [2.45, 2.75) is 48.4 Å². The zero-order valence-electron chi connectivity index (χ0n) is 23.6. The molecule has 248 valence electrons. The summed E-state index contributed by atoms with van der Waals surface area (Å²) in [5, 5.41) is 20.2. The molecule has 4 rings (SSSR count). The lowest BCUT2D eigenvalue weighted by Gasteiger charge is -2.29. The van der Waals surface area contributed by atoms with Crippen molar-refractivity contribution in [2.75, 3.05) is 13.6 Å². The largest absolute Gasteiger partial charge is 0.573 e. The van der Waals surface area contributed by atoms with Crippen LogP contribution in [0.15, 0.2) is 48.3 Å². The highest BCUT2D eigenvalue weighted by molar-refractivity contribution is 14.1. The lowest BCUT2D eigenvalue weighted by Crippen LogP contribution is -2.40. The van der Waals surface area contributed by atoms with Crippen molar-refractivity contribution in [3.63, 3.8) is 0 Å². The second-order valence-corrected chi connectivity index (χ2v) is 12.2. The summed E-state index contributed by atoms with van der Waals surface area (Å²) in [6, 6.07) is 2.01. The normalized spacial score (nSPS) is 15.8. The number of nitrogens with zero attached hydrogens (tertiary/aromatic N) is 6. The lowest BCUT2D eigenvalue weighted by atomic mass is 10.1. The monoisotopic (exact) mass is 788 g/mol. The van der Waals surface area contributed by atoms with Gasteiger partial charge in [-0.15, -0.1) is 28.5 Å². The fourth-order valence-corrected chi connectivity index (χ4v) is 5.11. The first-order valence-electron chi connectivity index (χ1n) is 13.2. The summed E-state index contributed by atoms with van der Waals surface area (Å²) in [6.45, 7) is -0.586. The number of amides is 2. The number of aryl methyl sites for hydroxylation is 1. The van der Waals surface area contributed by atoms with Gasteiger partial charge in [0.15, 0.2) is 5.69 Å². The van der Waals surface area contributed by atoms with Gasteiger partial charge in [-0.25, -0.2) is 13.5 Å². The molecule has 3 aromatic rings. The number of carbonyl (C=O) groups excluding carboxylic acids is 2. The van der Waals surface area contributed by atoms with Crippen LogP contribution in [0.3, 0.4) is 0 Å². The highest BCUT2D eigenvalue weighted by atomic mass is 127. The fourth-order valence-electron chi connectivity index (χ4n) is 4.02. The van der Waals surface area contributed by atoms with Gasteiger partial charge >= 0.3 is 10.3 Å². The van der Waals surface area contributed by atoms with E-state index in [1.165, 1.54) is 18.5 Å². The maximum atomic E-state index is 14.7. The van der Waals surface area contributed by atoms with Crippen LogP contribution in [0.1, 0.15) is 37.3 Å². The number of rotatable bonds is 13. The fraction of sp³-hybridized carbons (Fsp3) is 0.385. The Hall–Kier alpha value is -3.82. The molecule has 2 atom stereocenters. The number of benzene rings is 1. The summed E-state index contributed by atoms with van der Waals surface area (Å²) in [5.74, 6) is -2.84. The van der Waals surface area contributed by atoms with Gasteiger partial charge in [-0.1, -0.05) is 28.7 Å². The van der Waals surface area contributed by atoms with E-state index in [0.29, 0.717) is 5.01 Å². The van der Waals surface area contributed by atoms with E-state index in [4.69, 9.17) is 0 Å². The molecule has 1 aliphatic rings. The molecular formula is C26H24F7IN8O3S. The van der Waals surface area contributed by atoms with E-state index in [1.807, 2.05) is 0 Å². The second kappa shape index (κ2) is 14.7. The summed E-state index contributed by atoms with van der Waals surface area (Å²) in [4.78, 5) is 26.4. The highest BCUT2D eigenvalue weighted by Gasteiger charge is 2.32. The van der Waals surface area contributed by atoms with Gasteiger partial charge in [0.05, 0.1) is 18.8 Å². The van der Waals surface area contributed by atoms with Crippen molar-refractivity contribution < 1.29 is 45.1 Å². The molecule has 0 saturated heterocycles. The second-order valence-electron chi connectivity index (χ2n) is 9.83. The van der Waals surface area contributed by atoms with Crippen LogP contribution in [-0.4, -0.2) is 78.0 Å². The van der Waals surface area contributed by atoms with Crippen LogP contribution in [-0.2, 0) is 19.5 Å². The Labute approximate surface area is 274 Å². The SMILES string of the molecule is CN1C=C(C(F)(F)I)C=CC1CNC(=O)c1cn(CC(F)CCc2nnc(C(=O)NCc3cc(OC(F)(F)F)ccc3F)s2)nn1. The summed E-state index contributed by atoms with van der Waals surface area (Å²) in [5.41, 5.74) is -0.484. The Morgan fingerprint density at radius 2 is 1.89 bits per heavy atom. The van der Waals surface area contributed by atoms with Gasteiger partial charge in [0, 0.05) is 66.5 Å². The average molecular weight is 788 g/mol. The van der Waals surface area contributed by atoms with Crippen molar-refractivity contribution in [2.24, 2.45) is 0 Å². The molecule has 11 nitrogen and oxygen atoms in total. The van der Waals surface area contributed by atoms with Gasteiger partial charge < -0.3 is 20.3 Å². The number of nitrogens with one attached hydrogen (secondary N) is 2. The zero-order chi connectivity index (χ0) is 33.6. The predicted octanol–water partition coefficient (Wildman–Crippen LogP) is 4.58. The van der Waals surface area contributed by atoms with Crippen LogP contribution in [0.5, 0.6) is 5.75 Å². The molecule has 20 heteroatoms. The third-order valence-corrected chi connectivity index (χ3v) is 7.95. The number of allylic oxidation sites excluding steroid dienone is 2. The average Bonchev–Trinajstić information content (AvgIpc) is 3.64. The van der Waals surface area contributed by atoms with E-state index in [9.17, 15) is 40.3 Å². The van der Waals surface area contributed by atoms with E-state index >= 15 is 0 Å². The molecule has 0 radical (unpaired) electrons. The minimum absolute atomic E-state index is 0.0407. The number of alkyl halides is 7. The summed E-state index contributed by atoms with van der Waals surface area (Å²) in [6.07, 6.45) is -0.950. The number of likely N-dealkylation sites (N-methyl/N-ethyl adjacent to an activating group) is 1. The van der Waals surface area contributed by atoms with Crippen LogP contribution >= 0.6 is 33.9 Å². The topological polar surface area (TPSA) is 127 Å². The maximum absolute atomic E-state index is 14.7. The van der Waals surface area contributed by atoms with Crippen LogP contribution < -0.4 is 15.4 Å². The molecule has 3 heterocycles. The third-order valence-electron chi connectivity index (χ3n) is 6.34. The molecule has 2 N–H and O–H groups in total. The standard InChI is InChI=1S/C26H24F7IN8O3S/c1-41-11-15(25(29,30)34)2-4-17(41)10-36-22(43)20-13-42(40-37-20)12-16(27)3-7-21-38-39-24(46-21)23(44)35-9-14-8-18(5-6-19(14)28)45-26(31,32)33/h2,4-6,8,11,13,16-17H,3,7,9-10,12H2,1H3,(H,35,44)(H,36,43). The van der Waals surface area contributed by atoms with Gasteiger partial charge in [0.25, 0.3) is 11.8 Å². The Bertz CT molecular complexity index is 1610. The van der Waals surface area contributed by atoms with Crippen molar-refractivity contribution in [1.82, 2.24) is 40.7 Å². The highest BCUT2D eigenvalue weighted by Crippen LogP contribution is 2.34. The van der Waals surface area contributed by atoms with Crippen LogP contribution in [0.2, 0.25) is 0 Å². The Balaban J connectivity index is 1.20. The maximum Gasteiger partial charge on any atom is 0.573 e. The Kier molecular flexibility index (Phi) is 11.2. The predicted molar refractivity (Wildman–Crippen MR) is 157 cm³/mol. The molecular weight excluding hydrogens is 764 g/mol. The van der Waals surface area contributed by atoms with E-state index in [2.05, 4.69) is 35.9 Å². The van der Waals surface area contributed by atoms with E-state index in [1.54, 1.807) is 18.0 Å². The molecule has 0 saturated carbocycles. The molecule has 0 aliphatic carbocycles. The van der Waals surface area contributed by atoms with Crippen molar-refractivity contribution in [1.29, 1.82) is 0 Å². The number of carbonyl (C=O) groups is 2. The molecule has 46 heavy (non-hydrogen) atoms. The minimum Gasteiger partial charge on any atom is -0.406 e. The molecule has 0 bridgehead atoms. The van der Waals surface area contributed by atoms with Gasteiger partial charge in [0.2, 0.25) is 5.01 Å². The molecule has 2 aromatic heterocycles. The van der Waals surface area contributed by atoms with Gasteiger partial charge in [-0.2, -0.15) is 8.78 Å². The number of aromatic nitrogens is 5. The number of hydrogen-bond acceptors (Lipinski definition) is 9. The van der Waals surface area contributed by atoms with Crippen LogP contribution in [0.4, 0.5) is 30.7 Å². The quantitative estimate of drug-likeness (QED) is 0.147. The Morgan fingerprint density at radius 1 is 1.13 bits per heavy atom. The molecule has 1 aliphatic heterocycles. The summed E-state index contributed by atoms with van der Waals surface area (Å²) in [7, 11) is 1.60. The first-order valence-corrected chi connectivity index (χ1v) is 15.1. The molecule has 1 aromatic carbocycles. The summed E-state index contributed by atoms with van der Waals surface area (Å²) < 4.78 is 94.8. The van der Waals surface area contributed by atoms with E-state index in [0.717, 1.165) is 56.8 Å². The Morgan fingerprint density at radius 3 is 2.59 bits per heavy atom. The first-order chi connectivity index (χ1) is 21.6. The van der Waals surface area contributed by atoms with Gasteiger partial charge in [-0.3, -0.25) is 9.59 Å². The van der Waals surface area contributed by atoms with Gasteiger partial charge in [0.1, 0.15) is 22.7 Å². The van der Waals surface area contributed by atoms with Crippen LogP contribution in [0.25, 0.3) is 0 Å². The number of hydrogen-bond donors (Lipinski definition) is 2. The van der Waals surface area contributed by atoms with Crippen molar-refractivity contribution in [3.8, 4) is 5.75 Å². The van der Waals surface area contributed by atoms with Gasteiger partial charge in [-0.05, 0) is 24.6 Å². The molecule has 2 amide bonds.